The van der Waals surface area contributed by atoms with E-state index < -0.39 is 5.41 Å². The van der Waals surface area contributed by atoms with Crippen molar-refractivity contribution in [2.45, 2.75) is 19.3 Å². The molecule has 0 N–H and O–H groups in total. The molecular weight excluding hydrogens is 263 g/mol. The second kappa shape index (κ2) is 4.31. The largest absolute Gasteiger partial charge is 0.468 e. The van der Waals surface area contributed by atoms with Crippen LogP contribution in [0.4, 0.5) is 4.39 Å². The van der Waals surface area contributed by atoms with Gasteiger partial charge in [0, 0.05) is 4.47 Å². The van der Waals surface area contributed by atoms with E-state index in [1.54, 1.807) is 19.9 Å². The molecule has 0 spiro atoms. The van der Waals surface area contributed by atoms with E-state index in [4.69, 9.17) is 0 Å². The van der Waals surface area contributed by atoms with E-state index in [0.29, 0.717) is 10.0 Å². The summed E-state index contributed by atoms with van der Waals surface area (Å²) in [6, 6.07) is 4.39. The summed E-state index contributed by atoms with van der Waals surface area (Å²) in [5.41, 5.74) is -0.263. The Bertz CT molecular complexity index is 368. The zero-order valence-corrected chi connectivity index (χ0v) is 10.4. The molecule has 0 unspecified atom stereocenters. The Balaban J connectivity index is 3.20. The highest BCUT2D eigenvalue weighted by Gasteiger charge is 2.31. The maximum atomic E-state index is 13.1. The predicted molar refractivity (Wildman–Crippen MR) is 59.1 cm³/mol. The number of halogens is 2. The fourth-order valence-electron chi connectivity index (χ4n) is 1.29. The van der Waals surface area contributed by atoms with Crippen molar-refractivity contribution < 1.29 is 13.9 Å². The van der Waals surface area contributed by atoms with Gasteiger partial charge in [0.2, 0.25) is 0 Å². The Labute approximate surface area is 96.6 Å². The first-order valence-electron chi connectivity index (χ1n) is 4.43. The number of esters is 1. The van der Waals surface area contributed by atoms with Crippen LogP contribution in [0.5, 0.6) is 0 Å². The van der Waals surface area contributed by atoms with Crippen molar-refractivity contribution >= 4 is 21.9 Å². The highest BCUT2D eigenvalue weighted by atomic mass is 79.9. The van der Waals surface area contributed by atoms with E-state index in [0.717, 1.165) is 0 Å². The van der Waals surface area contributed by atoms with Gasteiger partial charge < -0.3 is 4.74 Å². The van der Waals surface area contributed by atoms with Gasteiger partial charge in [-0.1, -0.05) is 15.9 Å². The van der Waals surface area contributed by atoms with Gasteiger partial charge in [0.15, 0.2) is 0 Å². The van der Waals surface area contributed by atoms with Crippen molar-refractivity contribution in [3.63, 3.8) is 0 Å². The van der Waals surface area contributed by atoms with Gasteiger partial charge >= 0.3 is 5.97 Å². The molecule has 0 fully saturated rings. The van der Waals surface area contributed by atoms with Crippen LogP contribution in [0.2, 0.25) is 0 Å². The summed E-state index contributed by atoms with van der Waals surface area (Å²) in [6.45, 7) is 3.39. The maximum Gasteiger partial charge on any atom is 0.315 e. The molecule has 0 aliphatic heterocycles. The third kappa shape index (κ3) is 2.56. The first kappa shape index (κ1) is 12.2. The third-order valence-corrected chi connectivity index (χ3v) is 2.74. The van der Waals surface area contributed by atoms with Crippen LogP contribution in [0, 0.1) is 5.82 Å². The lowest BCUT2D eigenvalue weighted by Crippen LogP contribution is -2.30. The lowest BCUT2D eigenvalue weighted by atomic mass is 9.85. The van der Waals surface area contributed by atoms with Crippen LogP contribution in [0.1, 0.15) is 19.4 Å². The molecule has 1 aromatic rings. The van der Waals surface area contributed by atoms with E-state index in [-0.39, 0.29) is 11.8 Å². The first-order valence-corrected chi connectivity index (χ1v) is 5.22. The number of carbonyl (C=O) groups excluding carboxylic acids is 1. The summed E-state index contributed by atoms with van der Waals surface area (Å²) >= 11 is 3.18. The minimum atomic E-state index is -0.848. The molecule has 0 aromatic heterocycles. The molecular formula is C11H12BrFO2. The number of methoxy groups -OCH3 is 1. The van der Waals surface area contributed by atoms with Crippen molar-refractivity contribution in [1.29, 1.82) is 0 Å². The molecule has 0 saturated heterocycles. The van der Waals surface area contributed by atoms with Gasteiger partial charge in [0.1, 0.15) is 5.82 Å². The number of hydrogen-bond donors (Lipinski definition) is 0. The second-order valence-electron chi connectivity index (χ2n) is 3.77. The average Bonchev–Trinajstić information content (AvgIpc) is 2.15. The molecule has 4 heteroatoms. The normalized spacial score (nSPS) is 11.3. The Kier molecular flexibility index (Phi) is 3.50. The van der Waals surface area contributed by atoms with Gasteiger partial charge in [-0.2, -0.15) is 0 Å². The van der Waals surface area contributed by atoms with Crippen molar-refractivity contribution in [2.24, 2.45) is 0 Å². The van der Waals surface area contributed by atoms with Gasteiger partial charge in [-0.25, -0.2) is 4.39 Å². The van der Waals surface area contributed by atoms with Crippen LogP contribution < -0.4 is 0 Å². The van der Waals surface area contributed by atoms with E-state index in [2.05, 4.69) is 20.7 Å². The fraction of sp³-hybridized carbons (Fsp3) is 0.364. The number of benzene rings is 1. The van der Waals surface area contributed by atoms with Crippen LogP contribution in [-0.2, 0) is 14.9 Å². The highest BCUT2D eigenvalue weighted by molar-refractivity contribution is 9.10. The molecule has 1 rings (SSSR count). The van der Waals surface area contributed by atoms with Gasteiger partial charge in [0.25, 0.3) is 0 Å². The fourth-order valence-corrected chi connectivity index (χ4v) is 1.75. The summed E-state index contributed by atoms with van der Waals surface area (Å²) in [5, 5.41) is 0. The summed E-state index contributed by atoms with van der Waals surface area (Å²) in [5.74, 6) is -0.767. The second-order valence-corrected chi connectivity index (χ2v) is 4.69. The van der Waals surface area contributed by atoms with E-state index in [1.165, 1.54) is 19.2 Å². The van der Waals surface area contributed by atoms with Gasteiger partial charge in [-0.15, -0.1) is 0 Å². The van der Waals surface area contributed by atoms with E-state index in [1.807, 2.05) is 0 Å². The minimum absolute atomic E-state index is 0.378. The Morgan fingerprint density at radius 3 is 2.47 bits per heavy atom. The smallest absolute Gasteiger partial charge is 0.315 e. The van der Waals surface area contributed by atoms with Crippen molar-refractivity contribution in [3.8, 4) is 0 Å². The van der Waals surface area contributed by atoms with E-state index >= 15 is 0 Å². The monoisotopic (exact) mass is 274 g/mol. The van der Waals surface area contributed by atoms with Crippen LogP contribution in [0.3, 0.4) is 0 Å². The van der Waals surface area contributed by atoms with Crippen molar-refractivity contribution in [3.05, 3.63) is 34.1 Å². The average molecular weight is 275 g/mol. The molecule has 0 aliphatic carbocycles. The summed E-state index contributed by atoms with van der Waals surface area (Å²) < 4.78 is 18.4. The third-order valence-electron chi connectivity index (χ3n) is 2.28. The summed E-state index contributed by atoms with van der Waals surface area (Å²) in [7, 11) is 1.32. The SMILES string of the molecule is COC(=O)C(C)(C)c1cc(F)cc(Br)c1. The maximum absolute atomic E-state index is 13.1. The molecule has 0 saturated carbocycles. The van der Waals surface area contributed by atoms with Crippen LogP contribution in [0.15, 0.2) is 22.7 Å². The highest BCUT2D eigenvalue weighted by Crippen LogP contribution is 2.28. The lowest BCUT2D eigenvalue weighted by molar-refractivity contribution is -0.146. The number of ether oxygens (including phenoxy) is 1. The molecule has 1 aromatic carbocycles. The number of hydrogen-bond acceptors (Lipinski definition) is 2. The van der Waals surface area contributed by atoms with Crippen LogP contribution in [0.25, 0.3) is 0 Å². The van der Waals surface area contributed by atoms with E-state index in [9.17, 15) is 9.18 Å². The standard InChI is InChI=1S/C11H12BrFO2/c1-11(2,10(14)15-3)7-4-8(12)6-9(13)5-7/h4-6H,1-3H3. The topological polar surface area (TPSA) is 26.3 Å². The van der Waals surface area contributed by atoms with Crippen LogP contribution >= 0.6 is 15.9 Å². The molecule has 82 valence electrons. The summed E-state index contributed by atoms with van der Waals surface area (Å²) in [4.78, 5) is 11.5. The van der Waals surface area contributed by atoms with Gasteiger partial charge in [-0.05, 0) is 37.6 Å². The Morgan fingerprint density at radius 1 is 1.40 bits per heavy atom. The Morgan fingerprint density at radius 2 is 2.00 bits per heavy atom. The molecule has 0 atom stereocenters. The quantitative estimate of drug-likeness (QED) is 0.775. The summed E-state index contributed by atoms with van der Waals surface area (Å²) in [6.07, 6.45) is 0. The molecule has 2 nitrogen and oxygen atoms in total. The van der Waals surface area contributed by atoms with Gasteiger partial charge in [-0.3, -0.25) is 4.79 Å². The zero-order chi connectivity index (χ0) is 11.6. The van der Waals surface area contributed by atoms with Crippen molar-refractivity contribution in [1.82, 2.24) is 0 Å². The van der Waals surface area contributed by atoms with Crippen molar-refractivity contribution in [2.75, 3.05) is 7.11 Å². The number of rotatable bonds is 2. The Hall–Kier alpha value is -0.900. The number of carbonyl (C=O) groups is 1. The zero-order valence-electron chi connectivity index (χ0n) is 8.80. The molecule has 15 heavy (non-hydrogen) atoms. The molecule has 0 radical (unpaired) electrons. The molecule has 0 heterocycles. The lowest BCUT2D eigenvalue weighted by Gasteiger charge is -2.22. The van der Waals surface area contributed by atoms with Crippen LogP contribution in [-0.4, -0.2) is 13.1 Å². The minimum Gasteiger partial charge on any atom is -0.468 e. The van der Waals surface area contributed by atoms with Gasteiger partial charge in [0.05, 0.1) is 12.5 Å². The first-order chi connectivity index (χ1) is 6.87. The molecule has 0 aliphatic rings. The molecule has 0 bridgehead atoms. The molecule has 0 amide bonds. The predicted octanol–water partition coefficient (Wildman–Crippen LogP) is 3.04.